The molecule has 0 fully saturated rings. The molecule has 2 N–H and O–H groups in total. The second-order valence-corrected chi connectivity index (χ2v) is 10.2. The number of ether oxygens (including phenoxy) is 2. The summed E-state index contributed by atoms with van der Waals surface area (Å²) in [6, 6.07) is 23.5. The Bertz CT molecular complexity index is 1810. The minimum Gasteiger partial charge on any atom is -0.462 e. The zero-order chi connectivity index (χ0) is 29.6. The van der Waals surface area contributed by atoms with Gasteiger partial charge in [-0.3, -0.25) is 14.4 Å². The number of benzene rings is 3. The molecule has 0 unspecified atom stereocenters. The fraction of sp³-hybridized carbons (Fsp3) is 0.129. The fourth-order valence-corrected chi connectivity index (χ4v) is 5.09. The lowest BCUT2D eigenvalue weighted by Crippen LogP contribution is -2.25. The number of hydrogen-bond acceptors (Lipinski definition) is 8. The van der Waals surface area contributed by atoms with Crippen LogP contribution < -0.4 is 20.9 Å². The molecule has 2 amide bonds. The van der Waals surface area contributed by atoms with Crippen LogP contribution in [0.3, 0.4) is 0 Å². The van der Waals surface area contributed by atoms with Crippen LogP contribution in [0.15, 0.2) is 89.7 Å². The van der Waals surface area contributed by atoms with E-state index in [1.54, 1.807) is 43.3 Å². The maximum atomic E-state index is 13.5. The van der Waals surface area contributed by atoms with Crippen molar-refractivity contribution in [3.8, 4) is 11.5 Å². The monoisotopic (exact) mass is 582 g/mol. The van der Waals surface area contributed by atoms with Crippen molar-refractivity contribution < 1.29 is 23.9 Å². The summed E-state index contributed by atoms with van der Waals surface area (Å²) in [4.78, 5) is 56.5. The molecule has 0 aliphatic rings. The molecule has 10 nitrogen and oxygen atoms in total. The second-order valence-electron chi connectivity index (χ2n) is 9.19. The molecule has 0 radical (unpaired) electrons. The van der Waals surface area contributed by atoms with Gasteiger partial charge in [0.15, 0.2) is 4.96 Å². The predicted molar refractivity (Wildman–Crippen MR) is 160 cm³/mol. The molecular weight excluding hydrogens is 556 g/mol. The number of carbonyl (C=O) groups excluding carboxylic acids is 3. The number of nitrogens with one attached hydrogen (secondary N) is 2. The van der Waals surface area contributed by atoms with E-state index in [-0.39, 0.29) is 15.5 Å². The number of aryl methyl sites for hydroxylation is 1. The van der Waals surface area contributed by atoms with Crippen LogP contribution >= 0.6 is 11.3 Å². The summed E-state index contributed by atoms with van der Waals surface area (Å²) in [7, 11) is 0. The van der Waals surface area contributed by atoms with Gasteiger partial charge in [-0.05, 0) is 74.0 Å². The maximum absolute atomic E-state index is 13.5. The van der Waals surface area contributed by atoms with Crippen LogP contribution in [0.5, 0.6) is 11.5 Å². The first-order chi connectivity index (χ1) is 20.3. The van der Waals surface area contributed by atoms with Crippen LogP contribution in [0.25, 0.3) is 4.96 Å². The average molecular weight is 583 g/mol. The minimum absolute atomic E-state index is 0.00655. The van der Waals surface area contributed by atoms with Gasteiger partial charge in [-0.15, -0.1) is 0 Å². The molecule has 0 atom stereocenters. The molecule has 2 aromatic heterocycles. The lowest BCUT2D eigenvalue weighted by atomic mass is 10.2. The summed E-state index contributed by atoms with van der Waals surface area (Å²) in [6.45, 7) is 3.86. The van der Waals surface area contributed by atoms with Crippen molar-refractivity contribution in [3.63, 3.8) is 0 Å². The van der Waals surface area contributed by atoms with E-state index < -0.39 is 23.3 Å². The maximum Gasteiger partial charge on any atom is 0.338 e. The highest BCUT2D eigenvalue weighted by Crippen LogP contribution is 2.26. The van der Waals surface area contributed by atoms with E-state index in [4.69, 9.17) is 9.47 Å². The van der Waals surface area contributed by atoms with E-state index in [2.05, 4.69) is 15.6 Å². The lowest BCUT2D eigenvalue weighted by Gasteiger charge is -2.10. The first kappa shape index (κ1) is 28.2. The zero-order valence-electron chi connectivity index (χ0n) is 22.7. The SMILES string of the molecule is CCCOC(=O)c1ccc(NC(=O)c2c(C(=O)Nc3ccc(Oc4ccccc4)cc3)sc3nc(C)cc(=O)n23)cc1. The number of nitrogens with zero attached hydrogens (tertiary/aromatic N) is 2. The first-order valence-corrected chi connectivity index (χ1v) is 13.9. The predicted octanol–water partition coefficient (Wildman–Crippen LogP) is 5.93. The Morgan fingerprint density at radius 2 is 1.48 bits per heavy atom. The van der Waals surface area contributed by atoms with Crippen molar-refractivity contribution in [2.75, 3.05) is 17.2 Å². The Balaban J connectivity index is 1.39. The number of carbonyl (C=O) groups is 3. The molecule has 0 aliphatic carbocycles. The van der Waals surface area contributed by atoms with Gasteiger partial charge in [0.2, 0.25) is 0 Å². The quantitative estimate of drug-likeness (QED) is 0.206. The highest BCUT2D eigenvalue weighted by atomic mass is 32.1. The number of aromatic nitrogens is 2. The van der Waals surface area contributed by atoms with Gasteiger partial charge in [-0.25, -0.2) is 14.2 Å². The van der Waals surface area contributed by atoms with Crippen LogP contribution in [0, 0.1) is 6.92 Å². The Kier molecular flexibility index (Phi) is 8.39. The Morgan fingerprint density at radius 3 is 2.14 bits per heavy atom. The van der Waals surface area contributed by atoms with Crippen molar-refractivity contribution in [1.82, 2.24) is 9.38 Å². The van der Waals surface area contributed by atoms with E-state index in [0.29, 0.717) is 47.2 Å². The number of anilines is 2. The topological polar surface area (TPSA) is 128 Å². The highest BCUT2D eigenvalue weighted by Gasteiger charge is 2.26. The van der Waals surface area contributed by atoms with Crippen molar-refractivity contribution in [2.24, 2.45) is 0 Å². The van der Waals surface area contributed by atoms with Crippen LogP contribution in [-0.4, -0.2) is 33.8 Å². The molecule has 0 spiro atoms. The molecule has 11 heteroatoms. The molecule has 5 aromatic rings. The summed E-state index contributed by atoms with van der Waals surface area (Å²) in [5.41, 5.74) is 0.972. The van der Waals surface area contributed by atoms with E-state index in [9.17, 15) is 19.2 Å². The number of thiazole rings is 1. The smallest absolute Gasteiger partial charge is 0.338 e. The third kappa shape index (κ3) is 6.37. The number of esters is 1. The van der Waals surface area contributed by atoms with Gasteiger partial charge in [0.05, 0.1) is 12.2 Å². The van der Waals surface area contributed by atoms with Gasteiger partial charge < -0.3 is 20.1 Å². The molecule has 212 valence electrons. The standard InChI is InChI=1S/C31H26N4O6S/c1-3-17-40-30(39)20-9-11-21(12-10-20)33-28(37)26-27(42-31-32-19(2)18-25(36)35(26)31)29(38)34-22-13-15-24(16-14-22)41-23-7-5-4-6-8-23/h4-16,18H,3,17H2,1-2H3,(H,33,37)(H,34,38). The van der Waals surface area contributed by atoms with Crippen LogP contribution in [0.4, 0.5) is 11.4 Å². The largest absolute Gasteiger partial charge is 0.462 e. The van der Waals surface area contributed by atoms with Gasteiger partial charge in [-0.1, -0.05) is 36.5 Å². The van der Waals surface area contributed by atoms with Crippen molar-refractivity contribution in [1.29, 1.82) is 0 Å². The highest BCUT2D eigenvalue weighted by molar-refractivity contribution is 7.19. The lowest BCUT2D eigenvalue weighted by molar-refractivity contribution is 0.0505. The van der Waals surface area contributed by atoms with Gasteiger partial charge in [0.25, 0.3) is 17.4 Å². The van der Waals surface area contributed by atoms with Gasteiger partial charge in [-0.2, -0.15) is 0 Å². The van der Waals surface area contributed by atoms with Crippen LogP contribution in [0.2, 0.25) is 0 Å². The number of rotatable bonds is 9. The summed E-state index contributed by atoms with van der Waals surface area (Å²) < 4.78 is 12.0. The third-order valence-electron chi connectivity index (χ3n) is 5.98. The molecular formula is C31H26N4O6S. The summed E-state index contributed by atoms with van der Waals surface area (Å²) in [5, 5.41) is 5.49. The van der Waals surface area contributed by atoms with Gasteiger partial charge in [0, 0.05) is 23.1 Å². The first-order valence-electron chi connectivity index (χ1n) is 13.1. The average Bonchev–Trinajstić information content (AvgIpc) is 3.38. The number of fused-ring (bicyclic) bond motifs is 1. The van der Waals surface area contributed by atoms with Crippen molar-refractivity contribution in [2.45, 2.75) is 20.3 Å². The molecule has 42 heavy (non-hydrogen) atoms. The molecule has 0 saturated heterocycles. The van der Waals surface area contributed by atoms with E-state index in [0.717, 1.165) is 15.7 Å². The van der Waals surface area contributed by atoms with Gasteiger partial charge in [0.1, 0.15) is 22.1 Å². The molecule has 3 aromatic carbocycles. The van der Waals surface area contributed by atoms with Crippen LogP contribution in [-0.2, 0) is 4.74 Å². The van der Waals surface area contributed by atoms with Crippen molar-refractivity contribution in [3.05, 3.63) is 117 Å². The molecule has 0 aliphatic heterocycles. The molecule has 5 rings (SSSR count). The minimum atomic E-state index is -0.688. The summed E-state index contributed by atoms with van der Waals surface area (Å²) in [6.07, 6.45) is 0.701. The Labute approximate surface area is 244 Å². The Morgan fingerprint density at radius 1 is 0.857 bits per heavy atom. The van der Waals surface area contributed by atoms with Crippen LogP contribution in [0.1, 0.15) is 49.6 Å². The number of amides is 2. The van der Waals surface area contributed by atoms with E-state index in [1.807, 2.05) is 37.3 Å². The third-order valence-corrected chi connectivity index (χ3v) is 7.02. The van der Waals surface area contributed by atoms with Crippen molar-refractivity contribution >= 4 is 45.5 Å². The second kappa shape index (κ2) is 12.5. The number of para-hydroxylation sites is 1. The number of hydrogen-bond donors (Lipinski definition) is 2. The van der Waals surface area contributed by atoms with E-state index in [1.165, 1.54) is 18.2 Å². The molecule has 0 saturated carbocycles. The normalized spacial score (nSPS) is 10.7. The summed E-state index contributed by atoms with van der Waals surface area (Å²) >= 11 is 0.930. The molecule has 2 heterocycles. The zero-order valence-corrected chi connectivity index (χ0v) is 23.6. The van der Waals surface area contributed by atoms with Gasteiger partial charge >= 0.3 is 5.97 Å². The summed E-state index contributed by atoms with van der Waals surface area (Å²) in [5.74, 6) is -0.484. The van der Waals surface area contributed by atoms with E-state index >= 15 is 0 Å². The Hall–Kier alpha value is -5.29. The molecule has 0 bridgehead atoms. The fourth-order valence-electron chi connectivity index (χ4n) is 4.02.